The van der Waals surface area contributed by atoms with Crippen molar-refractivity contribution in [3.8, 4) is 11.4 Å². The number of nitrogens with zero attached hydrogens (tertiary/aromatic N) is 2. The summed E-state index contributed by atoms with van der Waals surface area (Å²) in [5, 5.41) is 3.06. The molecule has 1 aromatic heterocycles. The first-order valence-corrected chi connectivity index (χ1v) is 11.6. The largest absolute Gasteiger partial charge is 0.297 e. The van der Waals surface area contributed by atoms with Gasteiger partial charge in [-0.05, 0) is 43.3 Å². The number of hydrogen-bond acceptors (Lipinski definition) is 6. The van der Waals surface area contributed by atoms with Crippen molar-refractivity contribution in [2.75, 3.05) is 10.0 Å². The van der Waals surface area contributed by atoms with E-state index in [1.54, 1.807) is 12.1 Å². The highest BCUT2D eigenvalue weighted by atomic mass is 32.2. The molecule has 0 spiro atoms. The second-order valence-electron chi connectivity index (χ2n) is 6.74. The van der Waals surface area contributed by atoms with Crippen LogP contribution in [0.25, 0.3) is 11.4 Å². The van der Waals surface area contributed by atoms with Gasteiger partial charge in [-0.3, -0.25) is 14.8 Å². The number of rotatable bonds is 6. The first-order valence-electron chi connectivity index (χ1n) is 9.31. The Balaban J connectivity index is 1.44. The van der Waals surface area contributed by atoms with E-state index in [-0.39, 0.29) is 4.90 Å². The fraction of sp³-hybridized carbons (Fsp3) is 0.0455. The normalized spacial score (nSPS) is 11.1. The van der Waals surface area contributed by atoms with Crippen LogP contribution in [0.15, 0.2) is 83.8 Å². The lowest BCUT2D eigenvalue weighted by molar-refractivity contribution is 0.102. The Kier molecular flexibility index (Phi) is 5.79. The van der Waals surface area contributed by atoms with E-state index in [1.807, 2.05) is 49.4 Å². The number of aryl methyl sites for hydroxylation is 1. The third kappa shape index (κ3) is 4.96. The molecule has 9 heteroatoms. The fourth-order valence-corrected chi connectivity index (χ4v) is 4.41. The predicted molar refractivity (Wildman–Crippen MR) is 122 cm³/mol. The van der Waals surface area contributed by atoms with Crippen molar-refractivity contribution in [2.24, 2.45) is 0 Å². The van der Waals surface area contributed by atoms with Crippen LogP contribution in [-0.4, -0.2) is 23.7 Å². The van der Waals surface area contributed by atoms with Gasteiger partial charge in [-0.15, -0.1) is 0 Å². The van der Waals surface area contributed by atoms with Gasteiger partial charge in [-0.2, -0.15) is 9.36 Å². The minimum atomic E-state index is -3.76. The molecule has 0 radical (unpaired) electrons. The Morgan fingerprint density at radius 2 is 1.58 bits per heavy atom. The Morgan fingerprint density at radius 3 is 2.26 bits per heavy atom. The second kappa shape index (κ2) is 8.66. The standard InChI is InChI=1S/C22H18N4O3S2/c1-15-7-11-18(12-8-15)26-31(28,29)19-13-9-17(10-14-19)21(27)24-22-23-20(25-30-22)16-5-3-2-4-6-16/h2-14,26H,1H3,(H,23,24,25,27). The summed E-state index contributed by atoms with van der Waals surface area (Å²) in [6.07, 6.45) is 0. The molecule has 0 atom stereocenters. The minimum absolute atomic E-state index is 0.0619. The van der Waals surface area contributed by atoms with Gasteiger partial charge in [0.25, 0.3) is 15.9 Å². The van der Waals surface area contributed by atoms with Crippen LogP contribution in [0.3, 0.4) is 0 Å². The molecule has 4 aromatic rings. The highest BCUT2D eigenvalue weighted by Crippen LogP contribution is 2.22. The van der Waals surface area contributed by atoms with Crippen LogP contribution >= 0.6 is 11.5 Å². The van der Waals surface area contributed by atoms with Crippen LogP contribution in [0.2, 0.25) is 0 Å². The molecular weight excluding hydrogens is 432 g/mol. The van der Waals surface area contributed by atoms with Gasteiger partial charge < -0.3 is 0 Å². The van der Waals surface area contributed by atoms with Gasteiger partial charge in [0.15, 0.2) is 5.82 Å². The highest BCUT2D eigenvalue weighted by molar-refractivity contribution is 7.92. The predicted octanol–water partition coefficient (Wildman–Crippen LogP) is 4.57. The second-order valence-corrected chi connectivity index (χ2v) is 9.17. The van der Waals surface area contributed by atoms with E-state index in [9.17, 15) is 13.2 Å². The lowest BCUT2D eigenvalue weighted by Gasteiger charge is -2.09. The summed E-state index contributed by atoms with van der Waals surface area (Å²) in [5.41, 5.74) is 2.67. The van der Waals surface area contributed by atoms with Gasteiger partial charge in [0.2, 0.25) is 5.13 Å². The lowest BCUT2D eigenvalue weighted by Crippen LogP contribution is -2.14. The first kappa shape index (κ1) is 20.7. The van der Waals surface area contributed by atoms with Crippen molar-refractivity contribution in [3.63, 3.8) is 0 Å². The van der Waals surface area contributed by atoms with Crippen LogP contribution in [0.5, 0.6) is 0 Å². The van der Waals surface area contributed by atoms with E-state index in [0.717, 1.165) is 22.7 Å². The molecule has 1 heterocycles. The summed E-state index contributed by atoms with van der Waals surface area (Å²) in [4.78, 5) is 16.9. The number of hydrogen-bond donors (Lipinski definition) is 2. The molecule has 7 nitrogen and oxygen atoms in total. The number of nitrogens with one attached hydrogen (secondary N) is 2. The molecule has 156 valence electrons. The molecule has 4 rings (SSSR count). The van der Waals surface area contributed by atoms with Crippen LogP contribution < -0.4 is 10.0 Å². The molecule has 0 saturated carbocycles. The summed E-state index contributed by atoms with van der Waals surface area (Å²) in [6, 6.07) is 22.2. The summed E-state index contributed by atoms with van der Waals surface area (Å²) in [5.74, 6) is 0.135. The summed E-state index contributed by atoms with van der Waals surface area (Å²) < 4.78 is 31.9. The van der Waals surface area contributed by atoms with Crippen LogP contribution in [0, 0.1) is 6.92 Å². The molecular formula is C22H18N4O3S2. The molecule has 1 amide bonds. The molecule has 3 aromatic carbocycles. The quantitative estimate of drug-likeness (QED) is 0.448. The number of benzene rings is 3. The fourth-order valence-electron chi connectivity index (χ4n) is 2.77. The van der Waals surface area contributed by atoms with Crippen molar-refractivity contribution in [1.82, 2.24) is 9.36 Å². The van der Waals surface area contributed by atoms with Gasteiger partial charge in [-0.1, -0.05) is 48.0 Å². The van der Waals surface area contributed by atoms with Gasteiger partial charge in [-0.25, -0.2) is 8.42 Å². The first-order chi connectivity index (χ1) is 14.9. The summed E-state index contributed by atoms with van der Waals surface area (Å²) in [7, 11) is -3.76. The molecule has 2 N–H and O–H groups in total. The molecule has 0 aliphatic carbocycles. The zero-order valence-corrected chi connectivity index (χ0v) is 18.1. The molecule has 0 aliphatic heterocycles. The van der Waals surface area contributed by atoms with Crippen LogP contribution in [0.4, 0.5) is 10.8 Å². The van der Waals surface area contributed by atoms with E-state index in [0.29, 0.717) is 22.2 Å². The number of carbonyl (C=O) groups is 1. The maximum atomic E-state index is 12.6. The molecule has 0 bridgehead atoms. The Bertz CT molecular complexity index is 1300. The molecule has 0 saturated heterocycles. The molecule has 0 unspecified atom stereocenters. The topological polar surface area (TPSA) is 101 Å². The molecule has 0 aliphatic rings. The zero-order chi connectivity index (χ0) is 21.8. The Morgan fingerprint density at radius 1 is 0.903 bits per heavy atom. The smallest absolute Gasteiger partial charge is 0.261 e. The number of amides is 1. The third-order valence-electron chi connectivity index (χ3n) is 4.41. The van der Waals surface area contributed by atoms with Crippen molar-refractivity contribution in [2.45, 2.75) is 11.8 Å². The average molecular weight is 451 g/mol. The summed E-state index contributed by atoms with van der Waals surface area (Å²) >= 11 is 1.08. The number of sulfonamides is 1. The zero-order valence-electron chi connectivity index (χ0n) is 16.4. The number of carbonyl (C=O) groups excluding carboxylic acids is 1. The van der Waals surface area contributed by atoms with E-state index >= 15 is 0 Å². The molecule has 0 fully saturated rings. The van der Waals surface area contributed by atoms with Crippen molar-refractivity contribution in [3.05, 3.63) is 90.0 Å². The third-order valence-corrected chi connectivity index (χ3v) is 6.44. The van der Waals surface area contributed by atoms with Crippen LogP contribution in [-0.2, 0) is 10.0 Å². The maximum Gasteiger partial charge on any atom is 0.261 e. The summed E-state index contributed by atoms with van der Waals surface area (Å²) in [6.45, 7) is 1.92. The molecule has 31 heavy (non-hydrogen) atoms. The van der Waals surface area contributed by atoms with Crippen molar-refractivity contribution < 1.29 is 13.2 Å². The Hall–Kier alpha value is -3.56. The van der Waals surface area contributed by atoms with E-state index in [2.05, 4.69) is 19.4 Å². The van der Waals surface area contributed by atoms with Crippen molar-refractivity contribution in [1.29, 1.82) is 0 Å². The minimum Gasteiger partial charge on any atom is -0.297 e. The lowest BCUT2D eigenvalue weighted by atomic mass is 10.2. The maximum absolute atomic E-state index is 12.6. The SMILES string of the molecule is Cc1ccc(NS(=O)(=O)c2ccc(C(=O)Nc3nc(-c4ccccc4)ns3)cc2)cc1. The highest BCUT2D eigenvalue weighted by Gasteiger charge is 2.16. The van der Waals surface area contributed by atoms with Gasteiger partial charge in [0.05, 0.1) is 4.90 Å². The van der Waals surface area contributed by atoms with Gasteiger partial charge >= 0.3 is 0 Å². The van der Waals surface area contributed by atoms with Gasteiger partial charge in [0, 0.05) is 28.3 Å². The van der Waals surface area contributed by atoms with Gasteiger partial charge in [0.1, 0.15) is 0 Å². The average Bonchev–Trinajstić information content (AvgIpc) is 3.24. The number of anilines is 2. The van der Waals surface area contributed by atoms with E-state index in [1.165, 1.54) is 24.3 Å². The van der Waals surface area contributed by atoms with Crippen LogP contribution in [0.1, 0.15) is 15.9 Å². The number of aromatic nitrogens is 2. The van der Waals surface area contributed by atoms with E-state index in [4.69, 9.17) is 0 Å². The van der Waals surface area contributed by atoms with E-state index < -0.39 is 15.9 Å². The monoisotopic (exact) mass is 450 g/mol. The Labute approximate surface area is 184 Å². The van der Waals surface area contributed by atoms with Crippen molar-refractivity contribution >= 4 is 38.3 Å².